The molecule has 0 aliphatic heterocycles. The summed E-state index contributed by atoms with van der Waals surface area (Å²) in [6, 6.07) is 6.01. The number of aliphatic hydroxyl groups is 1. The molecule has 0 spiro atoms. The standard InChI is InChI=1S/C12H15N3O3S/c1-12(16,8-19-2)7-14-10-3-4-11(15(17)18)9(5-10)6-13/h3-5,14,16H,7-8H2,1-2H3. The summed E-state index contributed by atoms with van der Waals surface area (Å²) >= 11 is 1.53. The minimum absolute atomic E-state index is 0.000454. The summed E-state index contributed by atoms with van der Waals surface area (Å²) in [5.41, 5.74) is -0.527. The van der Waals surface area contributed by atoms with Crippen LogP contribution in [-0.2, 0) is 0 Å². The molecule has 19 heavy (non-hydrogen) atoms. The van der Waals surface area contributed by atoms with Gasteiger partial charge in [-0.05, 0) is 25.3 Å². The topological polar surface area (TPSA) is 99.2 Å². The fraction of sp³-hybridized carbons (Fsp3) is 0.417. The molecule has 0 heterocycles. The number of nitrogens with zero attached hydrogens (tertiary/aromatic N) is 2. The van der Waals surface area contributed by atoms with Crippen molar-refractivity contribution in [1.29, 1.82) is 5.26 Å². The normalized spacial score (nSPS) is 13.4. The zero-order valence-electron chi connectivity index (χ0n) is 10.7. The number of rotatable bonds is 6. The fourth-order valence-electron chi connectivity index (χ4n) is 1.55. The Balaban J connectivity index is 2.82. The van der Waals surface area contributed by atoms with E-state index in [2.05, 4.69) is 5.32 Å². The maximum absolute atomic E-state index is 10.7. The van der Waals surface area contributed by atoms with Gasteiger partial charge >= 0.3 is 0 Å². The smallest absolute Gasteiger partial charge is 0.287 e. The maximum Gasteiger partial charge on any atom is 0.287 e. The van der Waals surface area contributed by atoms with E-state index in [1.54, 1.807) is 13.0 Å². The van der Waals surface area contributed by atoms with Crippen LogP contribution in [0.15, 0.2) is 18.2 Å². The van der Waals surface area contributed by atoms with E-state index >= 15 is 0 Å². The number of nitro benzene ring substituents is 1. The minimum Gasteiger partial charge on any atom is -0.387 e. The van der Waals surface area contributed by atoms with Gasteiger partial charge in [-0.25, -0.2) is 0 Å². The van der Waals surface area contributed by atoms with Crippen molar-refractivity contribution < 1.29 is 10.0 Å². The Hall–Kier alpha value is -1.78. The van der Waals surface area contributed by atoms with Crippen molar-refractivity contribution in [1.82, 2.24) is 0 Å². The lowest BCUT2D eigenvalue weighted by Gasteiger charge is -2.23. The minimum atomic E-state index is -0.881. The van der Waals surface area contributed by atoms with E-state index in [9.17, 15) is 15.2 Å². The molecule has 6 nitrogen and oxygen atoms in total. The average molecular weight is 281 g/mol. The van der Waals surface area contributed by atoms with Gasteiger partial charge in [0.2, 0.25) is 0 Å². The monoisotopic (exact) mass is 281 g/mol. The third-order valence-electron chi connectivity index (χ3n) is 2.44. The largest absolute Gasteiger partial charge is 0.387 e. The molecule has 0 bridgehead atoms. The van der Waals surface area contributed by atoms with E-state index in [0.29, 0.717) is 18.0 Å². The van der Waals surface area contributed by atoms with E-state index in [-0.39, 0.29) is 11.3 Å². The Bertz CT molecular complexity index is 511. The summed E-state index contributed by atoms with van der Waals surface area (Å²) < 4.78 is 0. The van der Waals surface area contributed by atoms with Gasteiger partial charge in [0.25, 0.3) is 5.69 Å². The molecule has 102 valence electrons. The zero-order chi connectivity index (χ0) is 14.5. The predicted octanol–water partition coefficient (Wildman–Crippen LogP) is 1.99. The van der Waals surface area contributed by atoms with Gasteiger partial charge in [-0.15, -0.1) is 0 Å². The molecular weight excluding hydrogens is 266 g/mol. The van der Waals surface area contributed by atoms with Crippen molar-refractivity contribution in [2.45, 2.75) is 12.5 Å². The number of benzene rings is 1. The first-order valence-corrected chi connectivity index (χ1v) is 6.93. The first-order valence-electron chi connectivity index (χ1n) is 5.53. The van der Waals surface area contributed by atoms with Crippen LogP contribution in [-0.4, -0.2) is 34.2 Å². The van der Waals surface area contributed by atoms with Gasteiger partial charge in [0.15, 0.2) is 0 Å². The van der Waals surface area contributed by atoms with Gasteiger partial charge in [-0.3, -0.25) is 10.1 Å². The summed E-state index contributed by atoms with van der Waals surface area (Å²) in [4.78, 5) is 10.1. The van der Waals surface area contributed by atoms with E-state index in [0.717, 1.165) is 0 Å². The Kier molecular flexibility index (Phi) is 5.15. The molecule has 1 aromatic rings. The highest BCUT2D eigenvalue weighted by molar-refractivity contribution is 7.98. The van der Waals surface area contributed by atoms with E-state index in [1.165, 1.54) is 30.0 Å². The molecule has 0 aromatic heterocycles. The molecule has 1 aromatic carbocycles. The van der Waals surface area contributed by atoms with Crippen LogP contribution < -0.4 is 5.32 Å². The van der Waals surface area contributed by atoms with Crippen LogP contribution in [0.25, 0.3) is 0 Å². The SMILES string of the molecule is CSCC(C)(O)CNc1ccc([N+](=O)[O-])c(C#N)c1. The summed E-state index contributed by atoms with van der Waals surface area (Å²) in [6.07, 6.45) is 1.90. The molecule has 7 heteroatoms. The lowest BCUT2D eigenvalue weighted by Crippen LogP contribution is -2.36. The molecule has 0 saturated carbocycles. The van der Waals surface area contributed by atoms with Crippen molar-refractivity contribution in [3.63, 3.8) is 0 Å². The number of nitrogens with one attached hydrogen (secondary N) is 1. The van der Waals surface area contributed by atoms with Crippen LogP contribution in [0, 0.1) is 21.4 Å². The van der Waals surface area contributed by atoms with Gasteiger partial charge in [0.05, 0.1) is 10.5 Å². The summed E-state index contributed by atoms with van der Waals surface area (Å²) in [5, 5.41) is 32.5. The second kappa shape index (κ2) is 6.41. The Labute approximate surface area is 115 Å². The number of hydrogen-bond acceptors (Lipinski definition) is 6. The summed E-state index contributed by atoms with van der Waals surface area (Å²) in [5.74, 6) is 0.568. The second-order valence-corrected chi connectivity index (χ2v) is 5.25. The molecule has 1 unspecified atom stereocenters. The molecule has 1 rings (SSSR count). The van der Waals surface area contributed by atoms with Gasteiger partial charge < -0.3 is 10.4 Å². The molecule has 0 aliphatic carbocycles. The number of nitriles is 1. The highest BCUT2D eigenvalue weighted by Gasteiger charge is 2.20. The molecule has 0 aliphatic rings. The number of hydrogen-bond donors (Lipinski definition) is 2. The van der Waals surface area contributed by atoms with Crippen molar-refractivity contribution in [3.05, 3.63) is 33.9 Å². The first-order chi connectivity index (χ1) is 8.89. The number of anilines is 1. The lowest BCUT2D eigenvalue weighted by molar-refractivity contribution is -0.385. The highest BCUT2D eigenvalue weighted by Crippen LogP contribution is 2.22. The van der Waals surface area contributed by atoms with Crippen LogP contribution in [0.4, 0.5) is 11.4 Å². The lowest BCUT2D eigenvalue weighted by atomic mass is 10.1. The molecule has 1 atom stereocenters. The van der Waals surface area contributed by atoms with E-state index in [1.807, 2.05) is 6.26 Å². The van der Waals surface area contributed by atoms with Crippen molar-refractivity contribution in [3.8, 4) is 6.07 Å². The van der Waals surface area contributed by atoms with Crippen LogP contribution >= 0.6 is 11.8 Å². The van der Waals surface area contributed by atoms with Gasteiger partial charge in [-0.2, -0.15) is 17.0 Å². The molecule has 2 N–H and O–H groups in total. The maximum atomic E-state index is 10.7. The van der Waals surface area contributed by atoms with Crippen molar-refractivity contribution in [2.24, 2.45) is 0 Å². The zero-order valence-corrected chi connectivity index (χ0v) is 11.5. The van der Waals surface area contributed by atoms with E-state index < -0.39 is 10.5 Å². The number of nitro groups is 1. The molecule has 0 saturated heterocycles. The molecule has 0 radical (unpaired) electrons. The van der Waals surface area contributed by atoms with Crippen LogP contribution in [0.1, 0.15) is 12.5 Å². The van der Waals surface area contributed by atoms with Gasteiger partial charge in [-0.1, -0.05) is 0 Å². The van der Waals surface area contributed by atoms with E-state index in [4.69, 9.17) is 5.26 Å². The van der Waals surface area contributed by atoms with Crippen molar-refractivity contribution >= 4 is 23.1 Å². The quantitative estimate of drug-likeness (QED) is 0.611. The highest BCUT2D eigenvalue weighted by atomic mass is 32.2. The molecule has 0 amide bonds. The van der Waals surface area contributed by atoms with Crippen LogP contribution in [0.3, 0.4) is 0 Å². The van der Waals surface area contributed by atoms with Crippen molar-refractivity contribution in [2.75, 3.05) is 23.9 Å². The molecule has 0 fully saturated rings. The Morgan fingerprint density at radius 3 is 2.84 bits per heavy atom. The van der Waals surface area contributed by atoms with Gasteiger partial charge in [0, 0.05) is 24.1 Å². The number of thioether (sulfide) groups is 1. The Morgan fingerprint density at radius 1 is 1.63 bits per heavy atom. The second-order valence-electron chi connectivity index (χ2n) is 4.38. The van der Waals surface area contributed by atoms with Crippen LogP contribution in [0.5, 0.6) is 0 Å². The fourth-order valence-corrected chi connectivity index (χ4v) is 2.27. The average Bonchev–Trinajstić information content (AvgIpc) is 2.35. The summed E-state index contributed by atoms with van der Waals surface area (Å²) in [7, 11) is 0. The third kappa shape index (κ3) is 4.43. The Morgan fingerprint density at radius 2 is 2.32 bits per heavy atom. The third-order valence-corrected chi connectivity index (χ3v) is 3.35. The summed E-state index contributed by atoms with van der Waals surface area (Å²) in [6.45, 7) is 2.00. The van der Waals surface area contributed by atoms with Crippen LogP contribution in [0.2, 0.25) is 0 Å². The molecular formula is C12H15N3O3S. The predicted molar refractivity (Wildman–Crippen MR) is 75.3 cm³/mol. The van der Waals surface area contributed by atoms with Gasteiger partial charge in [0.1, 0.15) is 11.6 Å². The first kappa shape index (κ1) is 15.3.